The number of carbonyl (C=O) groups excluding carboxylic acids is 1. The van der Waals surface area contributed by atoms with Gasteiger partial charge in [-0.1, -0.05) is 18.2 Å². The van der Waals surface area contributed by atoms with Crippen LogP contribution in [0.4, 0.5) is 0 Å². The molecule has 6 heteroatoms. The fraction of sp³-hybridized carbons (Fsp3) is 0.444. The number of aromatic nitrogens is 2. The molecule has 2 atom stereocenters. The van der Waals surface area contributed by atoms with Crippen molar-refractivity contribution in [2.24, 2.45) is 0 Å². The molecule has 2 aromatic rings. The summed E-state index contributed by atoms with van der Waals surface area (Å²) >= 11 is 0. The van der Waals surface area contributed by atoms with Gasteiger partial charge in [-0.15, -0.1) is 12.4 Å². The van der Waals surface area contributed by atoms with E-state index in [1.807, 2.05) is 43.5 Å². The van der Waals surface area contributed by atoms with E-state index in [9.17, 15) is 4.79 Å². The molecule has 1 aromatic carbocycles. The van der Waals surface area contributed by atoms with Crippen LogP contribution in [0, 0.1) is 6.92 Å². The standard InChI is InChI=1S/C18H22N4O.ClH/c1-13-17(12-21(20-13)14-5-3-2-4-6-14)18(23)22-15-7-8-16(22)11-19-10-9-15;/h2-6,12,15-16,19H,7-11H2,1H3;1H. The third kappa shape index (κ3) is 2.94. The number of hydrogen-bond donors (Lipinski definition) is 1. The lowest BCUT2D eigenvalue weighted by molar-refractivity contribution is 0.0679. The molecule has 1 N–H and O–H groups in total. The van der Waals surface area contributed by atoms with Crippen LogP contribution < -0.4 is 5.32 Å². The zero-order valence-electron chi connectivity index (χ0n) is 13.8. The topological polar surface area (TPSA) is 50.2 Å². The quantitative estimate of drug-likeness (QED) is 0.909. The normalized spacial score (nSPS) is 22.8. The van der Waals surface area contributed by atoms with Crippen molar-refractivity contribution in [2.75, 3.05) is 13.1 Å². The monoisotopic (exact) mass is 346 g/mol. The smallest absolute Gasteiger partial charge is 0.257 e. The second-order valence-corrected chi connectivity index (χ2v) is 6.50. The van der Waals surface area contributed by atoms with E-state index < -0.39 is 0 Å². The first-order valence-corrected chi connectivity index (χ1v) is 8.39. The fourth-order valence-electron chi connectivity index (χ4n) is 3.84. The van der Waals surface area contributed by atoms with Gasteiger partial charge in [0.05, 0.1) is 16.9 Å². The maximum Gasteiger partial charge on any atom is 0.257 e. The van der Waals surface area contributed by atoms with E-state index in [0.717, 1.165) is 49.3 Å². The molecule has 24 heavy (non-hydrogen) atoms. The van der Waals surface area contributed by atoms with Crippen molar-refractivity contribution in [3.8, 4) is 5.69 Å². The Morgan fingerprint density at radius 1 is 1.17 bits per heavy atom. The van der Waals surface area contributed by atoms with Gasteiger partial charge in [0.1, 0.15) is 0 Å². The maximum atomic E-state index is 13.1. The maximum absolute atomic E-state index is 13.1. The number of nitrogens with zero attached hydrogens (tertiary/aromatic N) is 3. The summed E-state index contributed by atoms with van der Waals surface area (Å²) in [6.07, 6.45) is 5.16. The minimum Gasteiger partial charge on any atom is -0.331 e. The molecule has 5 nitrogen and oxygen atoms in total. The Balaban J connectivity index is 0.00000169. The Morgan fingerprint density at radius 2 is 1.92 bits per heavy atom. The Morgan fingerprint density at radius 3 is 2.71 bits per heavy atom. The fourth-order valence-corrected chi connectivity index (χ4v) is 3.84. The van der Waals surface area contributed by atoms with Gasteiger partial charge in [0.2, 0.25) is 0 Å². The van der Waals surface area contributed by atoms with Gasteiger partial charge in [0.25, 0.3) is 5.91 Å². The lowest BCUT2D eigenvalue weighted by Crippen LogP contribution is -2.42. The summed E-state index contributed by atoms with van der Waals surface area (Å²) in [6, 6.07) is 10.6. The van der Waals surface area contributed by atoms with Crippen LogP contribution >= 0.6 is 12.4 Å². The van der Waals surface area contributed by atoms with Crippen LogP contribution in [0.1, 0.15) is 35.3 Å². The van der Waals surface area contributed by atoms with Gasteiger partial charge in [0.15, 0.2) is 0 Å². The third-order valence-electron chi connectivity index (χ3n) is 5.04. The number of rotatable bonds is 2. The first-order valence-electron chi connectivity index (χ1n) is 8.39. The van der Waals surface area contributed by atoms with Crippen molar-refractivity contribution >= 4 is 18.3 Å². The van der Waals surface area contributed by atoms with Crippen LogP contribution in [-0.2, 0) is 0 Å². The lowest BCUT2D eigenvalue weighted by atomic mass is 10.1. The van der Waals surface area contributed by atoms with Gasteiger partial charge in [-0.2, -0.15) is 5.10 Å². The van der Waals surface area contributed by atoms with Gasteiger partial charge in [-0.25, -0.2) is 4.68 Å². The van der Waals surface area contributed by atoms with Crippen molar-refractivity contribution in [1.29, 1.82) is 0 Å². The second kappa shape index (κ2) is 6.95. The van der Waals surface area contributed by atoms with Crippen LogP contribution in [0.25, 0.3) is 5.69 Å². The molecule has 2 aliphatic rings. The molecule has 0 aliphatic carbocycles. The summed E-state index contributed by atoms with van der Waals surface area (Å²) in [5.74, 6) is 0.140. The number of para-hydroxylation sites is 1. The molecule has 2 fully saturated rings. The Labute approximate surface area is 148 Å². The highest BCUT2D eigenvalue weighted by Gasteiger charge is 2.39. The third-order valence-corrected chi connectivity index (χ3v) is 5.04. The Bertz CT molecular complexity index is 701. The first-order chi connectivity index (χ1) is 11.2. The molecule has 1 aromatic heterocycles. The van der Waals surface area contributed by atoms with Gasteiger partial charge < -0.3 is 10.2 Å². The van der Waals surface area contributed by atoms with E-state index in [2.05, 4.69) is 15.3 Å². The molecule has 2 aliphatic heterocycles. The molecule has 2 bridgehead atoms. The number of carbonyl (C=O) groups is 1. The highest BCUT2D eigenvalue weighted by molar-refractivity contribution is 5.95. The number of amides is 1. The number of halogens is 1. The van der Waals surface area contributed by atoms with E-state index in [-0.39, 0.29) is 18.3 Å². The molecule has 0 saturated carbocycles. The van der Waals surface area contributed by atoms with E-state index in [0.29, 0.717) is 12.1 Å². The van der Waals surface area contributed by atoms with E-state index in [1.165, 1.54) is 0 Å². The molecule has 2 saturated heterocycles. The second-order valence-electron chi connectivity index (χ2n) is 6.50. The number of hydrogen-bond acceptors (Lipinski definition) is 3. The summed E-state index contributed by atoms with van der Waals surface area (Å²) in [7, 11) is 0. The first kappa shape index (κ1) is 17.0. The number of aryl methyl sites for hydroxylation is 1. The van der Waals surface area contributed by atoms with Crippen molar-refractivity contribution in [3.05, 3.63) is 47.8 Å². The summed E-state index contributed by atoms with van der Waals surface area (Å²) in [5.41, 5.74) is 2.51. The van der Waals surface area contributed by atoms with Crippen molar-refractivity contribution < 1.29 is 4.79 Å². The molecule has 3 heterocycles. The molecule has 2 unspecified atom stereocenters. The zero-order valence-corrected chi connectivity index (χ0v) is 14.6. The predicted octanol–water partition coefficient (Wildman–Crippen LogP) is 2.57. The minimum absolute atomic E-state index is 0. The molecule has 0 radical (unpaired) electrons. The SMILES string of the molecule is Cc1nn(-c2ccccc2)cc1C(=O)N1C2CCNCC1CC2.Cl. The minimum atomic E-state index is 0. The Kier molecular flexibility index (Phi) is 4.92. The van der Waals surface area contributed by atoms with Crippen molar-refractivity contribution in [3.63, 3.8) is 0 Å². The molecular formula is C18H23ClN4O. The average molecular weight is 347 g/mol. The number of nitrogens with one attached hydrogen (secondary N) is 1. The van der Waals surface area contributed by atoms with E-state index >= 15 is 0 Å². The van der Waals surface area contributed by atoms with Crippen molar-refractivity contribution in [2.45, 2.75) is 38.3 Å². The molecule has 128 valence electrons. The average Bonchev–Trinajstić information content (AvgIpc) is 3.06. The van der Waals surface area contributed by atoms with E-state index in [4.69, 9.17) is 0 Å². The lowest BCUT2D eigenvalue weighted by Gasteiger charge is -2.27. The molecule has 1 amide bonds. The Hall–Kier alpha value is -1.85. The summed E-state index contributed by atoms with van der Waals surface area (Å²) < 4.78 is 1.81. The highest BCUT2D eigenvalue weighted by atomic mass is 35.5. The number of fused-ring (bicyclic) bond motifs is 2. The van der Waals surface area contributed by atoms with E-state index in [1.54, 1.807) is 4.68 Å². The van der Waals surface area contributed by atoms with Crippen molar-refractivity contribution in [1.82, 2.24) is 20.0 Å². The van der Waals surface area contributed by atoms with Crippen LogP contribution in [-0.4, -0.2) is 45.8 Å². The van der Waals surface area contributed by atoms with Gasteiger partial charge >= 0.3 is 0 Å². The van der Waals surface area contributed by atoms with Crippen LogP contribution in [0.15, 0.2) is 36.5 Å². The molecular weight excluding hydrogens is 324 g/mol. The summed E-state index contributed by atoms with van der Waals surface area (Å²) in [4.78, 5) is 15.2. The van der Waals surface area contributed by atoms with Crippen LogP contribution in [0.5, 0.6) is 0 Å². The van der Waals surface area contributed by atoms with Gasteiger partial charge in [-0.05, 0) is 44.9 Å². The largest absolute Gasteiger partial charge is 0.331 e. The van der Waals surface area contributed by atoms with Gasteiger partial charge in [-0.3, -0.25) is 4.79 Å². The highest BCUT2D eigenvalue weighted by Crippen LogP contribution is 2.30. The number of benzene rings is 1. The van der Waals surface area contributed by atoms with Crippen LogP contribution in [0.3, 0.4) is 0 Å². The zero-order chi connectivity index (χ0) is 15.8. The summed E-state index contributed by atoms with van der Waals surface area (Å²) in [5, 5.41) is 7.99. The van der Waals surface area contributed by atoms with Gasteiger partial charge in [0, 0.05) is 24.8 Å². The molecule has 0 spiro atoms. The summed E-state index contributed by atoms with van der Waals surface area (Å²) in [6.45, 7) is 3.84. The predicted molar refractivity (Wildman–Crippen MR) is 96.0 cm³/mol. The van der Waals surface area contributed by atoms with Crippen LogP contribution in [0.2, 0.25) is 0 Å². The molecule has 4 rings (SSSR count).